The molecule has 0 spiro atoms. The Bertz CT molecular complexity index is 207. The van der Waals surface area contributed by atoms with Crippen molar-refractivity contribution in [2.45, 2.75) is 30.7 Å². The summed E-state index contributed by atoms with van der Waals surface area (Å²) in [5.74, 6) is 0. The number of ether oxygens (including phenoxy) is 2. The van der Waals surface area contributed by atoms with Gasteiger partial charge in [0.2, 0.25) is 0 Å². The summed E-state index contributed by atoms with van der Waals surface area (Å²) in [6, 6.07) is 0. The van der Waals surface area contributed by atoms with Crippen molar-refractivity contribution in [3.8, 4) is 0 Å². The van der Waals surface area contributed by atoms with Crippen LogP contribution in [0.1, 0.15) is 0 Å². The largest absolute Gasteiger partial charge is 0.394 e. The summed E-state index contributed by atoms with van der Waals surface area (Å²) >= 11 is 0. The van der Waals surface area contributed by atoms with Gasteiger partial charge in [0.05, 0.1) is 13.2 Å². The second kappa shape index (κ2) is 5.55. The molecule has 0 radical (unpaired) electrons. The van der Waals surface area contributed by atoms with Gasteiger partial charge >= 0.3 is 0 Å². The summed E-state index contributed by atoms with van der Waals surface area (Å²) in [4.78, 5) is 0. The van der Waals surface area contributed by atoms with Crippen molar-refractivity contribution in [1.29, 1.82) is 0 Å². The van der Waals surface area contributed by atoms with Gasteiger partial charge in [-0.3, -0.25) is 0 Å². The third-order valence-electron chi connectivity index (χ3n) is 2.23. The number of rotatable bonds is 4. The van der Waals surface area contributed by atoms with Crippen LogP contribution in [0.3, 0.4) is 0 Å². The van der Waals surface area contributed by atoms with Crippen molar-refractivity contribution in [2.75, 3.05) is 13.2 Å². The predicted octanol–water partition coefficient (Wildman–Crippen LogP) is -2.01. The van der Waals surface area contributed by atoms with E-state index in [0.717, 1.165) is 0 Å². The number of aliphatic hydroxyl groups is 4. The SMILES string of the molecule is C=CCO[C@H]1O[C@H](CO)[C@@H](O)[C@@H](O)[C@@H]1O. The molecule has 4 N–H and O–H groups in total. The standard InChI is InChI=1S/C9H16O6/c1-2-3-14-9-8(13)7(12)6(11)5(4-10)15-9/h2,5-13H,1,3-4H2/t5-,6-,7-,8+,9+/m1/s1. The van der Waals surface area contributed by atoms with E-state index in [1.165, 1.54) is 6.08 Å². The Morgan fingerprint density at radius 3 is 2.40 bits per heavy atom. The maximum atomic E-state index is 9.47. The van der Waals surface area contributed by atoms with E-state index in [1.807, 2.05) is 0 Å². The lowest BCUT2D eigenvalue weighted by molar-refractivity contribution is -0.298. The van der Waals surface area contributed by atoms with Crippen LogP contribution in [0.4, 0.5) is 0 Å². The molecule has 1 aliphatic heterocycles. The fourth-order valence-electron chi connectivity index (χ4n) is 1.37. The zero-order valence-corrected chi connectivity index (χ0v) is 8.19. The highest BCUT2D eigenvalue weighted by atomic mass is 16.7. The molecule has 0 amide bonds. The van der Waals surface area contributed by atoms with Gasteiger partial charge in [-0.2, -0.15) is 0 Å². The first-order valence-electron chi connectivity index (χ1n) is 4.64. The third-order valence-corrected chi connectivity index (χ3v) is 2.23. The molecule has 6 heteroatoms. The summed E-state index contributed by atoms with van der Waals surface area (Å²) < 4.78 is 10.1. The van der Waals surface area contributed by atoms with Crippen LogP contribution < -0.4 is 0 Å². The molecule has 0 aromatic carbocycles. The Kier molecular flexibility index (Phi) is 4.65. The summed E-state index contributed by atoms with van der Waals surface area (Å²) in [7, 11) is 0. The molecular weight excluding hydrogens is 204 g/mol. The van der Waals surface area contributed by atoms with E-state index >= 15 is 0 Å². The van der Waals surface area contributed by atoms with Crippen LogP contribution in [0, 0.1) is 0 Å². The van der Waals surface area contributed by atoms with Gasteiger partial charge in [-0.15, -0.1) is 6.58 Å². The van der Waals surface area contributed by atoms with E-state index in [4.69, 9.17) is 14.6 Å². The smallest absolute Gasteiger partial charge is 0.187 e. The summed E-state index contributed by atoms with van der Waals surface area (Å²) in [5.41, 5.74) is 0. The van der Waals surface area contributed by atoms with Crippen molar-refractivity contribution < 1.29 is 29.9 Å². The van der Waals surface area contributed by atoms with Gasteiger partial charge in [0.1, 0.15) is 24.4 Å². The predicted molar refractivity (Wildman–Crippen MR) is 49.9 cm³/mol. The molecule has 0 unspecified atom stereocenters. The van der Waals surface area contributed by atoms with E-state index in [0.29, 0.717) is 0 Å². The van der Waals surface area contributed by atoms with Crippen LogP contribution in [0.15, 0.2) is 12.7 Å². The van der Waals surface area contributed by atoms with Gasteiger partial charge in [-0.05, 0) is 0 Å². The Hall–Kier alpha value is -0.500. The number of hydrogen-bond acceptors (Lipinski definition) is 6. The highest BCUT2D eigenvalue weighted by Gasteiger charge is 2.43. The molecule has 0 saturated carbocycles. The van der Waals surface area contributed by atoms with Crippen LogP contribution in [0.5, 0.6) is 0 Å². The van der Waals surface area contributed by atoms with Crippen molar-refractivity contribution >= 4 is 0 Å². The first-order valence-corrected chi connectivity index (χ1v) is 4.64. The van der Waals surface area contributed by atoms with Crippen molar-refractivity contribution in [2.24, 2.45) is 0 Å². The molecule has 1 fully saturated rings. The molecule has 15 heavy (non-hydrogen) atoms. The second-order valence-electron chi connectivity index (χ2n) is 3.32. The van der Waals surface area contributed by atoms with E-state index < -0.39 is 37.3 Å². The van der Waals surface area contributed by atoms with Crippen LogP contribution in [0.2, 0.25) is 0 Å². The van der Waals surface area contributed by atoms with E-state index in [9.17, 15) is 15.3 Å². The van der Waals surface area contributed by atoms with E-state index in [-0.39, 0.29) is 6.61 Å². The lowest BCUT2D eigenvalue weighted by Gasteiger charge is -2.39. The Morgan fingerprint density at radius 2 is 1.87 bits per heavy atom. The number of hydrogen-bond donors (Lipinski definition) is 4. The molecule has 0 aromatic heterocycles. The Balaban J connectivity index is 2.60. The number of aliphatic hydroxyl groups excluding tert-OH is 4. The van der Waals surface area contributed by atoms with Crippen LogP contribution in [0.25, 0.3) is 0 Å². The molecule has 5 atom stereocenters. The van der Waals surface area contributed by atoms with Crippen LogP contribution in [-0.2, 0) is 9.47 Å². The molecule has 0 aromatic rings. The van der Waals surface area contributed by atoms with Crippen molar-refractivity contribution in [1.82, 2.24) is 0 Å². The maximum absolute atomic E-state index is 9.47. The lowest BCUT2D eigenvalue weighted by atomic mass is 9.99. The van der Waals surface area contributed by atoms with E-state index in [1.54, 1.807) is 0 Å². The topological polar surface area (TPSA) is 99.4 Å². The summed E-state index contributed by atoms with van der Waals surface area (Å²) in [6.45, 7) is 3.10. The normalized spacial score (nSPS) is 41.5. The Morgan fingerprint density at radius 1 is 1.20 bits per heavy atom. The quantitative estimate of drug-likeness (QED) is 0.408. The average Bonchev–Trinajstić information content (AvgIpc) is 2.25. The molecule has 1 saturated heterocycles. The molecule has 1 heterocycles. The second-order valence-corrected chi connectivity index (χ2v) is 3.32. The van der Waals surface area contributed by atoms with Crippen molar-refractivity contribution in [3.63, 3.8) is 0 Å². The minimum atomic E-state index is -1.40. The van der Waals surface area contributed by atoms with Gasteiger partial charge in [0, 0.05) is 0 Å². The van der Waals surface area contributed by atoms with Crippen molar-refractivity contribution in [3.05, 3.63) is 12.7 Å². The fourth-order valence-corrected chi connectivity index (χ4v) is 1.37. The highest BCUT2D eigenvalue weighted by Crippen LogP contribution is 2.21. The van der Waals surface area contributed by atoms with Gasteiger partial charge in [0.15, 0.2) is 6.29 Å². The average molecular weight is 220 g/mol. The van der Waals surface area contributed by atoms with Crippen LogP contribution in [-0.4, -0.2) is 64.3 Å². The van der Waals surface area contributed by atoms with Crippen LogP contribution >= 0.6 is 0 Å². The molecule has 6 nitrogen and oxygen atoms in total. The lowest BCUT2D eigenvalue weighted by Crippen LogP contribution is -2.59. The minimum absolute atomic E-state index is 0.142. The first kappa shape index (κ1) is 12.6. The molecule has 1 rings (SSSR count). The maximum Gasteiger partial charge on any atom is 0.187 e. The fraction of sp³-hybridized carbons (Fsp3) is 0.778. The van der Waals surface area contributed by atoms with E-state index in [2.05, 4.69) is 6.58 Å². The molecule has 1 aliphatic rings. The van der Waals surface area contributed by atoms with Gasteiger partial charge in [-0.1, -0.05) is 6.08 Å². The Labute approximate surface area is 87.4 Å². The molecule has 0 aliphatic carbocycles. The highest BCUT2D eigenvalue weighted by molar-refractivity contribution is 4.89. The van der Waals surface area contributed by atoms with Gasteiger partial charge in [-0.25, -0.2) is 0 Å². The molecule has 88 valence electrons. The third kappa shape index (κ3) is 2.75. The minimum Gasteiger partial charge on any atom is -0.394 e. The zero-order valence-electron chi connectivity index (χ0n) is 8.19. The van der Waals surface area contributed by atoms with Gasteiger partial charge < -0.3 is 29.9 Å². The molecular formula is C9H16O6. The summed E-state index contributed by atoms with van der Waals surface area (Å²) in [5, 5.41) is 37.1. The van der Waals surface area contributed by atoms with Gasteiger partial charge in [0.25, 0.3) is 0 Å². The zero-order chi connectivity index (χ0) is 11.4. The molecule has 0 bridgehead atoms. The first-order chi connectivity index (χ1) is 7.11. The summed E-state index contributed by atoms with van der Waals surface area (Å²) in [6.07, 6.45) is -4.64. The monoisotopic (exact) mass is 220 g/mol.